The number of aromatic nitrogens is 2. The van der Waals surface area contributed by atoms with Gasteiger partial charge in [0.1, 0.15) is 4.99 Å². The van der Waals surface area contributed by atoms with E-state index in [4.69, 9.17) is 23.7 Å². The van der Waals surface area contributed by atoms with Crippen LogP contribution >= 0.6 is 12.2 Å². The van der Waals surface area contributed by atoms with Crippen LogP contribution in [0.15, 0.2) is 0 Å². The van der Waals surface area contributed by atoms with Crippen LogP contribution < -0.4 is 16.4 Å². The van der Waals surface area contributed by atoms with Crippen LogP contribution in [0.25, 0.3) is 0 Å². The van der Waals surface area contributed by atoms with Gasteiger partial charge in [-0.05, 0) is 39.2 Å². The monoisotopic (exact) mass is 307 g/mol. The van der Waals surface area contributed by atoms with Crippen LogP contribution in [0.1, 0.15) is 36.6 Å². The third-order valence-electron chi connectivity index (χ3n) is 4.24. The molecule has 0 spiro atoms. The highest BCUT2D eigenvalue weighted by Gasteiger charge is 2.32. The smallest absolute Gasteiger partial charge is 0.222 e. The Labute approximate surface area is 129 Å². The summed E-state index contributed by atoms with van der Waals surface area (Å²) in [4.78, 5) is 13.8. The Hall–Kier alpha value is -1.76. The van der Waals surface area contributed by atoms with E-state index in [-0.39, 0.29) is 17.9 Å². The molecule has 2 heterocycles. The molecule has 1 fully saturated rings. The lowest BCUT2D eigenvalue weighted by Crippen LogP contribution is -2.47. The van der Waals surface area contributed by atoms with Crippen LogP contribution in [-0.4, -0.2) is 33.7 Å². The van der Waals surface area contributed by atoms with Gasteiger partial charge in [0.2, 0.25) is 5.91 Å². The summed E-state index contributed by atoms with van der Waals surface area (Å²) in [7, 11) is 0. The van der Waals surface area contributed by atoms with Crippen molar-refractivity contribution in [3.63, 3.8) is 0 Å². The maximum absolute atomic E-state index is 11.5. The highest BCUT2D eigenvalue weighted by molar-refractivity contribution is 7.80. The van der Waals surface area contributed by atoms with Crippen molar-refractivity contribution >= 4 is 28.9 Å². The van der Waals surface area contributed by atoms with E-state index in [1.807, 2.05) is 18.7 Å². The first-order valence-corrected chi connectivity index (χ1v) is 7.43. The van der Waals surface area contributed by atoms with Crippen LogP contribution in [0.2, 0.25) is 0 Å². The van der Waals surface area contributed by atoms with E-state index in [2.05, 4.69) is 17.1 Å². The Balaban J connectivity index is 2.47. The van der Waals surface area contributed by atoms with Gasteiger partial charge in [-0.2, -0.15) is 5.10 Å². The van der Waals surface area contributed by atoms with Gasteiger partial charge in [-0.3, -0.25) is 4.79 Å². The van der Waals surface area contributed by atoms with E-state index in [0.717, 1.165) is 29.7 Å². The lowest BCUT2D eigenvalue weighted by atomic mass is 9.92. The van der Waals surface area contributed by atoms with Crippen molar-refractivity contribution in [1.82, 2.24) is 10.2 Å². The molecule has 6 nitrogen and oxygen atoms in total. The molecule has 1 amide bonds. The summed E-state index contributed by atoms with van der Waals surface area (Å²) in [5.41, 5.74) is 13.8. The van der Waals surface area contributed by atoms with Crippen molar-refractivity contribution in [3.8, 4) is 0 Å². The van der Waals surface area contributed by atoms with Gasteiger partial charge in [0, 0.05) is 12.6 Å². The molecule has 1 aromatic heterocycles. The maximum Gasteiger partial charge on any atom is 0.222 e. The molecule has 2 unspecified atom stereocenters. The zero-order valence-electron chi connectivity index (χ0n) is 12.6. The van der Waals surface area contributed by atoms with E-state index in [9.17, 15) is 4.79 Å². The fraction of sp³-hybridized carbons (Fsp3) is 0.571. The standard InChI is InChI=1S/C14H21N5OS/c1-7-4-5-10(12(15)20)6-19(7)14-11(13(16)21)8(2)9(3)17-18-14/h7,10H,4-6H2,1-3H3,(H2,15,20)(H2,16,21). The van der Waals surface area contributed by atoms with E-state index in [0.29, 0.717) is 17.4 Å². The van der Waals surface area contributed by atoms with Gasteiger partial charge in [0.15, 0.2) is 5.82 Å². The largest absolute Gasteiger partial charge is 0.389 e. The Kier molecular flexibility index (Phi) is 4.41. The molecular formula is C14H21N5OS. The third-order valence-corrected chi connectivity index (χ3v) is 4.44. The number of nitrogens with two attached hydrogens (primary N) is 2. The van der Waals surface area contributed by atoms with Crippen molar-refractivity contribution in [3.05, 3.63) is 16.8 Å². The summed E-state index contributed by atoms with van der Waals surface area (Å²) in [6.45, 7) is 6.43. The zero-order valence-corrected chi connectivity index (χ0v) is 13.4. The Morgan fingerprint density at radius 2 is 1.95 bits per heavy atom. The SMILES string of the molecule is Cc1nnc(N2CC(C(N)=O)CCC2C)c(C(N)=S)c1C. The van der Waals surface area contributed by atoms with Crippen molar-refractivity contribution in [2.75, 3.05) is 11.4 Å². The number of amides is 1. The number of rotatable bonds is 3. The molecule has 1 aromatic rings. The minimum atomic E-state index is -0.277. The minimum absolute atomic E-state index is 0.177. The van der Waals surface area contributed by atoms with E-state index in [1.165, 1.54) is 0 Å². The van der Waals surface area contributed by atoms with E-state index < -0.39 is 0 Å². The molecule has 1 aliphatic heterocycles. The molecule has 2 atom stereocenters. The number of carbonyl (C=O) groups is 1. The molecule has 7 heteroatoms. The molecule has 2 rings (SSSR count). The van der Waals surface area contributed by atoms with Crippen molar-refractivity contribution in [2.45, 2.75) is 39.7 Å². The quantitative estimate of drug-likeness (QED) is 0.802. The fourth-order valence-electron chi connectivity index (χ4n) is 2.73. The number of thiocarbonyl (C=S) groups is 1. The normalized spacial score (nSPS) is 22.1. The summed E-state index contributed by atoms with van der Waals surface area (Å²) < 4.78 is 0. The third kappa shape index (κ3) is 2.97. The molecule has 1 aliphatic rings. The zero-order chi connectivity index (χ0) is 15.7. The average Bonchev–Trinajstić information content (AvgIpc) is 2.41. The summed E-state index contributed by atoms with van der Waals surface area (Å²) in [6, 6.07) is 0.241. The molecular weight excluding hydrogens is 286 g/mol. The topological polar surface area (TPSA) is 98.1 Å². The number of aryl methyl sites for hydroxylation is 1. The minimum Gasteiger partial charge on any atom is -0.389 e. The number of hydrogen-bond acceptors (Lipinski definition) is 5. The summed E-state index contributed by atoms with van der Waals surface area (Å²) in [5, 5.41) is 8.46. The van der Waals surface area contributed by atoms with Crippen molar-refractivity contribution < 1.29 is 4.79 Å². The molecule has 0 aliphatic carbocycles. The Morgan fingerprint density at radius 1 is 1.29 bits per heavy atom. The van der Waals surface area contributed by atoms with Gasteiger partial charge in [0.05, 0.1) is 17.2 Å². The summed E-state index contributed by atoms with van der Waals surface area (Å²) in [5.74, 6) is 0.202. The summed E-state index contributed by atoms with van der Waals surface area (Å²) in [6.07, 6.45) is 1.67. The van der Waals surface area contributed by atoms with Gasteiger partial charge in [-0.25, -0.2) is 0 Å². The molecule has 114 valence electrons. The first-order chi connectivity index (χ1) is 9.82. The average molecular weight is 307 g/mol. The molecule has 0 saturated carbocycles. The highest BCUT2D eigenvalue weighted by atomic mass is 32.1. The van der Waals surface area contributed by atoms with Crippen LogP contribution in [0.4, 0.5) is 5.82 Å². The predicted molar refractivity (Wildman–Crippen MR) is 86.1 cm³/mol. The maximum atomic E-state index is 11.5. The molecule has 21 heavy (non-hydrogen) atoms. The number of primary amides is 1. The van der Waals surface area contributed by atoms with Gasteiger partial charge in [-0.1, -0.05) is 12.2 Å². The predicted octanol–water partition coefficient (Wildman–Crippen LogP) is 0.818. The number of anilines is 1. The second-order valence-electron chi connectivity index (χ2n) is 5.65. The Bertz CT molecular complexity index is 589. The van der Waals surface area contributed by atoms with Crippen LogP contribution in [-0.2, 0) is 4.79 Å². The number of carbonyl (C=O) groups excluding carboxylic acids is 1. The second-order valence-corrected chi connectivity index (χ2v) is 6.09. The lowest BCUT2D eigenvalue weighted by molar-refractivity contribution is -0.122. The fourth-order valence-corrected chi connectivity index (χ4v) is 2.97. The number of nitrogens with zero attached hydrogens (tertiary/aromatic N) is 3. The molecule has 0 bridgehead atoms. The highest BCUT2D eigenvalue weighted by Crippen LogP contribution is 2.30. The van der Waals surface area contributed by atoms with E-state index >= 15 is 0 Å². The van der Waals surface area contributed by atoms with Gasteiger partial charge >= 0.3 is 0 Å². The van der Waals surface area contributed by atoms with Crippen molar-refractivity contribution in [1.29, 1.82) is 0 Å². The van der Waals surface area contributed by atoms with Gasteiger partial charge in [0.25, 0.3) is 0 Å². The van der Waals surface area contributed by atoms with Crippen LogP contribution in [0, 0.1) is 19.8 Å². The van der Waals surface area contributed by atoms with Gasteiger partial charge in [-0.15, -0.1) is 5.10 Å². The van der Waals surface area contributed by atoms with Gasteiger partial charge < -0.3 is 16.4 Å². The van der Waals surface area contributed by atoms with Crippen molar-refractivity contribution in [2.24, 2.45) is 17.4 Å². The summed E-state index contributed by atoms with van der Waals surface area (Å²) >= 11 is 5.18. The first-order valence-electron chi connectivity index (χ1n) is 7.02. The number of piperidine rings is 1. The molecule has 0 aromatic carbocycles. The Morgan fingerprint density at radius 3 is 2.52 bits per heavy atom. The molecule has 1 saturated heterocycles. The molecule has 4 N–H and O–H groups in total. The van der Waals surface area contributed by atoms with Crippen LogP contribution in [0.5, 0.6) is 0 Å². The first kappa shape index (κ1) is 15.6. The van der Waals surface area contributed by atoms with Crippen LogP contribution in [0.3, 0.4) is 0 Å². The molecule has 0 radical (unpaired) electrons. The second kappa shape index (κ2) is 5.93. The van der Waals surface area contributed by atoms with E-state index in [1.54, 1.807) is 0 Å². The lowest BCUT2D eigenvalue weighted by Gasteiger charge is -2.38. The number of hydrogen-bond donors (Lipinski definition) is 2.